The number of hydrogen-bond acceptors (Lipinski definition) is 3. The van der Waals surface area contributed by atoms with E-state index >= 15 is 0 Å². The Bertz CT molecular complexity index is 223. The highest BCUT2D eigenvalue weighted by Crippen LogP contribution is 2.22. The third-order valence-electron chi connectivity index (χ3n) is 3.12. The summed E-state index contributed by atoms with van der Waals surface area (Å²) in [4.78, 5) is 12.0. The fraction of sp³-hybridized carbons (Fsp3) is 0.917. The summed E-state index contributed by atoms with van der Waals surface area (Å²) in [5.74, 6) is 0.125. The second kappa shape index (κ2) is 6.21. The normalized spacial score (nSPS) is 25.0. The molecular weight excluding hydrogens is 204 g/mol. The van der Waals surface area contributed by atoms with Crippen LogP contribution in [0.25, 0.3) is 0 Å². The van der Waals surface area contributed by atoms with Crippen molar-refractivity contribution in [2.24, 2.45) is 0 Å². The predicted molar refractivity (Wildman–Crippen MR) is 64.4 cm³/mol. The average Bonchev–Trinajstić information content (AvgIpc) is 2.73. The molecule has 16 heavy (non-hydrogen) atoms. The van der Waals surface area contributed by atoms with Gasteiger partial charge in [0.25, 0.3) is 0 Å². The molecule has 2 N–H and O–H groups in total. The van der Waals surface area contributed by atoms with E-state index in [4.69, 9.17) is 4.74 Å². The lowest BCUT2D eigenvalue weighted by atomic mass is 9.93. The van der Waals surface area contributed by atoms with E-state index in [2.05, 4.69) is 17.6 Å². The SMILES string of the molecule is CCC1(C(=O)NCCOC(C)C)CCCN1. The van der Waals surface area contributed by atoms with Crippen LogP contribution in [-0.2, 0) is 9.53 Å². The number of amides is 1. The third-order valence-corrected chi connectivity index (χ3v) is 3.12. The van der Waals surface area contributed by atoms with E-state index in [9.17, 15) is 4.79 Å². The van der Waals surface area contributed by atoms with E-state index in [0.717, 1.165) is 25.8 Å². The van der Waals surface area contributed by atoms with E-state index in [1.165, 1.54) is 0 Å². The maximum atomic E-state index is 12.0. The molecule has 0 aromatic rings. The van der Waals surface area contributed by atoms with Crippen molar-refractivity contribution in [2.75, 3.05) is 19.7 Å². The molecule has 1 saturated heterocycles. The summed E-state index contributed by atoms with van der Waals surface area (Å²) in [6.45, 7) is 8.18. The first-order valence-electron chi connectivity index (χ1n) is 6.25. The highest BCUT2D eigenvalue weighted by atomic mass is 16.5. The molecule has 1 rings (SSSR count). The van der Waals surface area contributed by atoms with Gasteiger partial charge in [0.15, 0.2) is 0 Å². The van der Waals surface area contributed by atoms with Crippen molar-refractivity contribution in [1.29, 1.82) is 0 Å². The first-order chi connectivity index (χ1) is 7.60. The summed E-state index contributed by atoms with van der Waals surface area (Å²) in [5, 5.41) is 6.26. The van der Waals surface area contributed by atoms with Gasteiger partial charge in [-0.1, -0.05) is 6.92 Å². The van der Waals surface area contributed by atoms with Crippen LogP contribution in [-0.4, -0.2) is 37.2 Å². The van der Waals surface area contributed by atoms with Gasteiger partial charge in [-0.3, -0.25) is 4.79 Å². The largest absolute Gasteiger partial charge is 0.377 e. The molecule has 1 amide bonds. The van der Waals surface area contributed by atoms with Crippen LogP contribution in [0.3, 0.4) is 0 Å². The van der Waals surface area contributed by atoms with Gasteiger partial charge in [0.1, 0.15) is 0 Å². The molecule has 94 valence electrons. The number of carbonyl (C=O) groups is 1. The Morgan fingerprint density at radius 1 is 1.56 bits per heavy atom. The Kier molecular flexibility index (Phi) is 5.22. The van der Waals surface area contributed by atoms with E-state index in [0.29, 0.717) is 13.2 Å². The van der Waals surface area contributed by atoms with Crippen LogP contribution >= 0.6 is 0 Å². The second-order valence-corrected chi connectivity index (χ2v) is 4.64. The van der Waals surface area contributed by atoms with Gasteiger partial charge in [-0.2, -0.15) is 0 Å². The lowest BCUT2D eigenvalue weighted by Gasteiger charge is -2.26. The molecule has 1 unspecified atom stereocenters. The van der Waals surface area contributed by atoms with Gasteiger partial charge in [-0.15, -0.1) is 0 Å². The smallest absolute Gasteiger partial charge is 0.240 e. The van der Waals surface area contributed by atoms with E-state index in [-0.39, 0.29) is 17.6 Å². The standard InChI is InChI=1S/C12H24N2O2/c1-4-12(6-5-7-14-12)11(15)13-8-9-16-10(2)3/h10,14H,4-9H2,1-3H3,(H,13,15). The van der Waals surface area contributed by atoms with Gasteiger partial charge >= 0.3 is 0 Å². The first-order valence-corrected chi connectivity index (χ1v) is 6.25. The highest BCUT2D eigenvalue weighted by Gasteiger charge is 2.38. The number of nitrogens with one attached hydrogen (secondary N) is 2. The molecule has 0 saturated carbocycles. The van der Waals surface area contributed by atoms with Gasteiger partial charge in [0.05, 0.1) is 18.2 Å². The summed E-state index contributed by atoms with van der Waals surface area (Å²) >= 11 is 0. The Morgan fingerprint density at radius 3 is 2.81 bits per heavy atom. The van der Waals surface area contributed by atoms with Crippen molar-refractivity contribution in [1.82, 2.24) is 10.6 Å². The lowest BCUT2D eigenvalue weighted by molar-refractivity contribution is -0.127. The summed E-state index contributed by atoms with van der Waals surface area (Å²) < 4.78 is 5.39. The Labute approximate surface area is 98.1 Å². The van der Waals surface area contributed by atoms with Crippen molar-refractivity contribution >= 4 is 5.91 Å². The van der Waals surface area contributed by atoms with Crippen molar-refractivity contribution in [3.8, 4) is 0 Å². The van der Waals surface area contributed by atoms with Crippen LogP contribution < -0.4 is 10.6 Å². The second-order valence-electron chi connectivity index (χ2n) is 4.64. The van der Waals surface area contributed by atoms with Gasteiger partial charge in [-0.05, 0) is 39.7 Å². The molecule has 0 aromatic heterocycles. The van der Waals surface area contributed by atoms with Gasteiger partial charge < -0.3 is 15.4 Å². The number of hydrogen-bond donors (Lipinski definition) is 2. The zero-order valence-electron chi connectivity index (χ0n) is 10.6. The fourth-order valence-electron chi connectivity index (χ4n) is 2.09. The van der Waals surface area contributed by atoms with Crippen molar-refractivity contribution in [3.63, 3.8) is 0 Å². The van der Waals surface area contributed by atoms with Crippen LogP contribution in [0, 0.1) is 0 Å². The Morgan fingerprint density at radius 2 is 2.31 bits per heavy atom. The molecule has 1 atom stereocenters. The zero-order chi connectivity index (χ0) is 12.0. The molecule has 0 aromatic carbocycles. The number of ether oxygens (including phenoxy) is 1. The first kappa shape index (κ1) is 13.5. The topological polar surface area (TPSA) is 50.4 Å². The summed E-state index contributed by atoms with van der Waals surface area (Å²) in [7, 11) is 0. The van der Waals surface area contributed by atoms with Crippen molar-refractivity contribution < 1.29 is 9.53 Å². The molecular formula is C12H24N2O2. The monoisotopic (exact) mass is 228 g/mol. The van der Waals surface area contributed by atoms with Crippen molar-refractivity contribution in [2.45, 2.75) is 51.7 Å². The van der Waals surface area contributed by atoms with E-state index < -0.39 is 0 Å². The Hall–Kier alpha value is -0.610. The summed E-state index contributed by atoms with van der Waals surface area (Å²) in [5.41, 5.74) is -0.322. The molecule has 1 fully saturated rings. The zero-order valence-corrected chi connectivity index (χ0v) is 10.6. The van der Waals surface area contributed by atoms with E-state index in [1.54, 1.807) is 0 Å². The summed E-state index contributed by atoms with van der Waals surface area (Å²) in [6, 6.07) is 0. The predicted octanol–water partition coefficient (Wildman–Crippen LogP) is 1.06. The van der Waals surface area contributed by atoms with Gasteiger partial charge in [-0.25, -0.2) is 0 Å². The summed E-state index contributed by atoms with van der Waals surface area (Å²) in [6.07, 6.45) is 3.11. The van der Waals surface area contributed by atoms with Crippen LogP contribution in [0.5, 0.6) is 0 Å². The molecule has 4 heteroatoms. The van der Waals surface area contributed by atoms with Crippen molar-refractivity contribution in [3.05, 3.63) is 0 Å². The molecule has 0 bridgehead atoms. The molecule has 1 aliphatic rings. The van der Waals surface area contributed by atoms with Crippen LogP contribution in [0.2, 0.25) is 0 Å². The molecule has 0 aliphatic carbocycles. The maximum Gasteiger partial charge on any atom is 0.240 e. The minimum absolute atomic E-state index is 0.125. The van der Waals surface area contributed by atoms with Gasteiger partial charge in [0, 0.05) is 6.54 Å². The number of rotatable bonds is 6. The van der Waals surface area contributed by atoms with Crippen LogP contribution in [0.1, 0.15) is 40.0 Å². The quantitative estimate of drug-likeness (QED) is 0.668. The third kappa shape index (κ3) is 3.46. The molecule has 1 heterocycles. The highest BCUT2D eigenvalue weighted by molar-refractivity contribution is 5.86. The average molecular weight is 228 g/mol. The van der Waals surface area contributed by atoms with Gasteiger partial charge in [0.2, 0.25) is 5.91 Å². The molecule has 4 nitrogen and oxygen atoms in total. The van der Waals surface area contributed by atoms with Crippen LogP contribution in [0.15, 0.2) is 0 Å². The molecule has 0 radical (unpaired) electrons. The van der Waals surface area contributed by atoms with E-state index in [1.807, 2.05) is 13.8 Å². The maximum absolute atomic E-state index is 12.0. The van der Waals surface area contributed by atoms with Crippen LogP contribution in [0.4, 0.5) is 0 Å². The Balaban J connectivity index is 2.28. The minimum atomic E-state index is -0.322. The number of carbonyl (C=O) groups excluding carboxylic acids is 1. The lowest BCUT2D eigenvalue weighted by Crippen LogP contribution is -2.53. The fourth-order valence-corrected chi connectivity index (χ4v) is 2.09. The minimum Gasteiger partial charge on any atom is -0.377 e. The molecule has 0 spiro atoms. The molecule has 1 aliphatic heterocycles.